The molecule has 0 aliphatic rings. The fourth-order valence-corrected chi connectivity index (χ4v) is 2.37. The van der Waals surface area contributed by atoms with Gasteiger partial charge >= 0.3 is 0 Å². The standard InChI is InChI=1S/C13H11BrN4/c1-8-6-11(15)13-16-12(17-18(13)7-8)9-4-2-3-5-10(9)14/h2-7H,15H2,1H3. The zero-order valence-corrected chi connectivity index (χ0v) is 11.3. The SMILES string of the molecule is Cc1cc(N)c2nc(-c3ccccc3Br)nn2c1. The smallest absolute Gasteiger partial charge is 0.183 e. The van der Waals surface area contributed by atoms with E-state index in [0.717, 1.165) is 15.6 Å². The van der Waals surface area contributed by atoms with Crippen LogP contribution in [0, 0.1) is 6.92 Å². The molecule has 0 saturated carbocycles. The van der Waals surface area contributed by atoms with Gasteiger partial charge in [-0.25, -0.2) is 9.50 Å². The Morgan fingerprint density at radius 2 is 2.06 bits per heavy atom. The molecule has 4 nitrogen and oxygen atoms in total. The summed E-state index contributed by atoms with van der Waals surface area (Å²) in [6, 6.07) is 9.76. The van der Waals surface area contributed by atoms with Crippen molar-refractivity contribution in [3.63, 3.8) is 0 Å². The molecule has 0 fully saturated rings. The first-order chi connectivity index (χ1) is 8.65. The second-order valence-electron chi connectivity index (χ2n) is 4.16. The van der Waals surface area contributed by atoms with Gasteiger partial charge in [-0.1, -0.05) is 28.1 Å². The Bertz CT molecular complexity index is 733. The van der Waals surface area contributed by atoms with Gasteiger partial charge in [-0.3, -0.25) is 0 Å². The highest BCUT2D eigenvalue weighted by Crippen LogP contribution is 2.26. The average molecular weight is 303 g/mol. The monoisotopic (exact) mass is 302 g/mol. The fraction of sp³-hybridized carbons (Fsp3) is 0.0769. The second kappa shape index (κ2) is 4.10. The fourth-order valence-electron chi connectivity index (χ4n) is 1.91. The van der Waals surface area contributed by atoms with E-state index in [1.165, 1.54) is 0 Å². The highest BCUT2D eigenvalue weighted by Gasteiger charge is 2.11. The Morgan fingerprint density at radius 1 is 1.28 bits per heavy atom. The summed E-state index contributed by atoms with van der Waals surface area (Å²) in [4.78, 5) is 4.48. The Morgan fingerprint density at radius 3 is 2.83 bits per heavy atom. The molecule has 5 heteroatoms. The molecule has 2 aromatic heterocycles. The van der Waals surface area contributed by atoms with E-state index in [1.54, 1.807) is 4.52 Å². The van der Waals surface area contributed by atoms with E-state index in [-0.39, 0.29) is 0 Å². The first-order valence-electron chi connectivity index (χ1n) is 5.52. The van der Waals surface area contributed by atoms with Gasteiger partial charge in [0, 0.05) is 16.2 Å². The predicted molar refractivity (Wildman–Crippen MR) is 75.3 cm³/mol. The van der Waals surface area contributed by atoms with Crippen molar-refractivity contribution in [3.05, 3.63) is 46.6 Å². The molecule has 90 valence electrons. The van der Waals surface area contributed by atoms with Gasteiger partial charge in [-0.15, -0.1) is 5.10 Å². The van der Waals surface area contributed by atoms with Gasteiger partial charge in [0.05, 0.1) is 5.69 Å². The first-order valence-corrected chi connectivity index (χ1v) is 6.32. The summed E-state index contributed by atoms with van der Waals surface area (Å²) in [6.45, 7) is 1.98. The zero-order chi connectivity index (χ0) is 12.7. The van der Waals surface area contributed by atoms with Crippen LogP contribution in [-0.2, 0) is 0 Å². The maximum Gasteiger partial charge on any atom is 0.183 e. The van der Waals surface area contributed by atoms with Gasteiger partial charge in [-0.2, -0.15) is 0 Å². The molecule has 3 rings (SSSR count). The summed E-state index contributed by atoms with van der Waals surface area (Å²) in [5, 5.41) is 4.46. The van der Waals surface area contributed by atoms with E-state index in [1.807, 2.05) is 43.5 Å². The van der Waals surface area contributed by atoms with Crippen LogP contribution >= 0.6 is 15.9 Å². The minimum Gasteiger partial charge on any atom is -0.396 e. The normalized spacial score (nSPS) is 11.0. The first kappa shape index (κ1) is 11.2. The molecule has 2 heterocycles. The van der Waals surface area contributed by atoms with E-state index >= 15 is 0 Å². The largest absolute Gasteiger partial charge is 0.396 e. The number of nitrogens with two attached hydrogens (primary N) is 1. The van der Waals surface area contributed by atoms with Crippen LogP contribution in [0.1, 0.15) is 5.56 Å². The lowest BCUT2D eigenvalue weighted by atomic mass is 10.2. The van der Waals surface area contributed by atoms with Crippen LogP contribution in [0.15, 0.2) is 41.0 Å². The third-order valence-electron chi connectivity index (χ3n) is 2.71. The molecule has 0 radical (unpaired) electrons. The highest BCUT2D eigenvalue weighted by atomic mass is 79.9. The average Bonchev–Trinajstić information content (AvgIpc) is 2.73. The topological polar surface area (TPSA) is 56.2 Å². The number of rotatable bonds is 1. The lowest BCUT2D eigenvalue weighted by Gasteiger charge is -1.97. The van der Waals surface area contributed by atoms with Gasteiger partial charge in [0.1, 0.15) is 0 Å². The van der Waals surface area contributed by atoms with Crippen molar-refractivity contribution in [2.75, 3.05) is 5.73 Å². The minimum absolute atomic E-state index is 0.640. The van der Waals surface area contributed by atoms with Gasteiger partial charge in [-0.05, 0) is 30.7 Å². The lowest BCUT2D eigenvalue weighted by Crippen LogP contribution is -1.94. The molecule has 0 saturated heterocycles. The van der Waals surface area contributed by atoms with Crippen molar-refractivity contribution >= 4 is 27.3 Å². The molecule has 0 amide bonds. The predicted octanol–water partition coefficient (Wildman–Crippen LogP) is 3.05. The quantitative estimate of drug-likeness (QED) is 0.751. The third kappa shape index (κ3) is 1.76. The molecule has 3 aromatic rings. The van der Waals surface area contributed by atoms with Crippen molar-refractivity contribution in [3.8, 4) is 11.4 Å². The number of hydrogen-bond donors (Lipinski definition) is 1. The van der Waals surface area contributed by atoms with Crippen LogP contribution in [0.5, 0.6) is 0 Å². The minimum atomic E-state index is 0.640. The van der Waals surface area contributed by atoms with E-state index in [4.69, 9.17) is 5.73 Å². The van der Waals surface area contributed by atoms with Crippen LogP contribution in [0.25, 0.3) is 17.0 Å². The molecule has 0 aliphatic carbocycles. The summed E-state index contributed by atoms with van der Waals surface area (Å²) in [6.07, 6.45) is 1.92. The number of hydrogen-bond acceptors (Lipinski definition) is 3. The number of fused-ring (bicyclic) bond motifs is 1. The maximum atomic E-state index is 5.95. The molecule has 0 spiro atoms. The number of aromatic nitrogens is 3. The van der Waals surface area contributed by atoms with Crippen molar-refractivity contribution < 1.29 is 0 Å². The van der Waals surface area contributed by atoms with Crippen LogP contribution in [0.2, 0.25) is 0 Å². The van der Waals surface area contributed by atoms with E-state index in [2.05, 4.69) is 26.0 Å². The molecule has 2 N–H and O–H groups in total. The van der Waals surface area contributed by atoms with Crippen LogP contribution in [0.3, 0.4) is 0 Å². The van der Waals surface area contributed by atoms with Crippen LogP contribution in [-0.4, -0.2) is 14.6 Å². The Balaban J connectivity index is 2.26. The van der Waals surface area contributed by atoms with E-state index in [9.17, 15) is 0 Å². The highest BCUT2D eigenvalue weighted by molar-refractivity contribution is 9.10. The molecule has 0 unspecified atom stereocenters. The number of aryl methyl sites for hydroxylation is 1. The maximum absolute atomic E-state index is 5.95. The Labute approximate surface area is 113 Å². The Kier molecular flexibility index (Phi) is 2.56. The summed E-state index contributed by atoms with van der Waals surface area (Å²) in [5.41, 5.74) is 9.29. The van der Waals surface area contributed by atoms with Gasteiger partial charge < -0.3 is 5.73 Å². The van der Waals surface area contributed by atoms with Crippen LogP contribution < -0.4 is 5.73 Å². The number of nitrogens with zero attached hydrogens (tertiary/aromatic N) is 3. The molecule has 0 atom stereocenters. The van der Waals surface area contributed by atoms with Gasteiger partial charge in [0.2, 0.25) is 0 Å². The third-order valence-corrected chi connectivity index (χ3v) is 3.40. The Hall–Kier alpha value is -1.88. The number of halogens is 1. The number of nitrogen functional groups attached to an aromatic ring is 1. The summed E-state index contributed by atoms with van der Waals surface area (Å²) >= 11 is 3.50. The molecule has 1 aromatic carbocycles. The van der Waals surface area contributed by atoms with Crippen molar-refractivity contribution in [1.29, 1.82) is 0 Å². The van der Waals surface area contributed by atoms with E-state index in [0.29, 0.717) is 17.2 Å². The molecular weight excluding hydrogens is 292 g/mol. The molecular formula is C13H11BrN4. The number of benzene rings is 1. The van der Waals surface area contributed by atoms with Gasteiger partial charge in [0.25, 0.3) is 0 Å². The summed E-state index contributed by atoms with van der Waals surface area (Å²) in [5.74, 6) is 0.666. The molecule has 0 aliphatic heterocycles. The van der Waals surface area contributed by atoms with Crippen molar-refractivity contribution in [2.45, 2.75) is 6.92 Å². The number of anilines is 1. The van der Waals surface area contributed by atoms with Crippen molar-refractivity contribution in [1.82, 2.24) is 14.6 Å². The lowest BCUT2D eigenvalue weighted by molar-refractivity contribution is 0.957. The van der Waals surface area contributed by atoms with Crippen molar-refractivity contribution in [2.24, 2.45) is 0 Å². The van der Waals surface area contributed by atoms with Gasteiger partial charge in [0.15, 0.2) is 11.5 Å². The zero-order valence-electron chi connectivity index (χ0n) is 9.76. The summed E-state index contributed by atoms with van der Waals surface area (Å²) < 4.78 is 2.69. The molecule has 18 heavy (non-hydrogen) atoms. The summed E-state index contributed by atoms with van der Waals surface area (Å²) in [7, 11) is 0. The van der Waals surface area contributed by atoms with E-state index < -0.39 is 0 Å². The number of pyridine rings is 1. The van der Waals surface area contributed by atoms with Crippen LogP contribution in [0.4, 0.5) is 5.69 Å². The second-order valence-corrected chi connectivity index (χ2v) is 5.01. The molecule has 0 bridgehead atoms.